The summed E-state index contributed by atoms with van der Waals surface area (Å²) in [6.07, 6.45) is 3.70. The van der Waals surface area contributed by atoms with Crippen LogP contribution in [0.1, 0.15) is 26.2 Å². The van der Waals surface area contributed by atoms with Gasteiger partial charge in [-0.2, -0.15) is 0 Å². The molecule has 1 aliphatic rings. The average Bonchev–Trinajstić information content (AvgIpc) is 2.45. The minimum atomic E-state index is 0.783. The first-order valence-electron chi connectivity index (χ1n) is 7.41. The number of pyridine rings is 1. The van der Waals surface area contributed by atoms with Crippen molar-refractivity contribution in [3.05, 3.63) is 18.2 Å². The standard InChI is InChI=1S/C15H26N4/c1-3-9-16-14-5-4-6-15(18-14)17-12-13-7-10-19(2)11-8-13/h4-6,13H,3,7-12H2,1-2H3,(H2,16,17,18). The smallest absolute Gasteiger partial charge is 0.128 e. The van der Waals surface area contributed by atoms with Gasteiger partial charge in [-0.3, -0.25) is 0 Å². The summed E-state index contributed by atoms with van der Waals surface area (Å²) in [7, 11) is 2.20. The quantitative estimate of drug-likeness (QED) is 0.827. The van der Waals surface area contributed by atoms with Crippen LogP contribution in [-0.2, 0) is 0 Å². The fourth-order valence-corrected chi connectivity index (χ4v) is 2.40. The van der Waals surface area contributed by atoms with E-state index in [1.807, 2.05) is 12.1 Å². The van der Waals surface area contributed by atoms with Gasteiger partial charge in [0.1, 0.15) is 11.6 Å². The van der Waals surface area contributed by atoms with E-state index in [9.17, 15) is 0 Å². The van der Waals surface area contributed by atoms with Gasteiger partial charge in [-0.1, -0.05) is 13.0 Å². The van der Waals surface area contributed by atoms with Gasteiger partial charge < -0.3 is 15.5 Å². The lowest BCUT2D eigenvalue weighted by Crippen LogP contribution is -2.33. The molecule has 4 heteroatoms. The van der Waals surface area contributed by atoms with E-state index in [2.05, 4.69) is 40.6 Å². The Labute approximate surface area is 116 Å². The van der Waals surface area contributed by atoms with E-state index in [0.29, 0.717) is 0 Å². The molecule has 0 spiro atoms. The molecule has 106 valence electrons. The Morgan fingerprint density at radius 1 is 1.21 bits per heavy atom. The van der Waals surface area contributed by atoms with Crippen molar-refractivity contribution in [1.82, 2.24) is 9.88 Å². The number of nitrogens with one attached hydrogen (secondary N) is 2. The minimum Gasteiger partial charge on any atom is -0.370 e. The SMILES string of the molecule is CCCNc1cccc(NCC2CCN(C)CC2)n1. The molecule has 2 rings (SSSR count). The van der Waals surface area contributed by atoms with Gasteiger partial charge in [-0.25, -0.2) is 4.98 Å². The number of nitrogens with zero attached hydrogens (tertiary/aromatic N) is 2. The van der Waals surface area contributed by atoms with Crippen molar-refractivity contribution in [2.75, 3.05) is 43.9 Å². The van der Waals surface area contributed by atoms with E-state index in [0.717, 1.165) is 37.1 Å². The summed E-state index contributed by atoms with van der Waals surface area (Å²) in [6.45, 7) is 6.62. The summed E-state index contributed by atoms with van der Waals surface area (Å²) >= 11 is 0. The van der Waals surface area contributed by atoms with Crippen LogP contribution in [0.25, 0.3) is 0 Å². The third-order valence-electron chi connectivity index (χ3n) is 3.72. The topological polar surface area (TPSA) is 40.2 Å². The molecule has 1 aromatic rings. The van der Waals surface area contributed by atoms with Gasteiger partial charge in [0.15, 0.2) is 0 Å². The van der Waals surface area contributed by atoms with Crippen molar-refractivity contribution in [2.45, 2.75) is 26.2 Å². The molecule has 4 nitrogen and oxygen atoms in total. The van der Waals surface area contributed by atoms with Crippen molar-refractivity contribution >= 4 is 11.6 Å². The molecule has 1 aliphatic heterocycles. The first-order valence-corrected chi connectivity index (χ1v) is 7.41. The Hall–Kier alpha value is -1.29. The first-order chi connectivity index (χ1) is 9.28. The van der Waals surface area contributed by atoms with Gasteiger partial charge >= 0.3 is 0 Å². The Balaban J connectivity index is 1.78. The Morgan fingerprint density at radius 3 is 2.58 bits per heavy atom. The largest absolute Gasteiger partial charge is 0.370 e. The fourth-order valence-electron chi connectivity index (χ4n) is 2.40. The molecule has 0 amide bonds. The van der Waals surface area contributed by atoms with E-state index in [-0.39, 0.29) is 0 Å². The summed E-state index contributed by atoms with van der Waals surface area (Å²) in [6, 6.07) is 6.13. The van der Waals surface area contributed by atoms with Crippen LogP contribution in [0.4, 0.5) is 11.6 Å². The molecule has 2 N–H and O–H groups in total. The molecule has 0 saturated carbocycles. The highest BCUT2D eigenvalue weighted by Gasteiger charge is 2.16. The number of anilines is 2. The van der Waals surface area contributed by atoms with Crippen LogP contribution in [0, 0.1) is 5.92 Å². The zero-order valence-electron chi connectivity index (χ0n) is 12.2. The molecule has 1 fully saturated rings. The van der Waals surface area contributed by atoms with E-state index < -0.39 is 0 Å². The average molecular weight is 262 g/mol. The van der Waals surface area contributed by atoms with Gasteiger partial charge in [-0.15, -0.1) is 0 Å². The summed E-state index contributed by atoms with van der Waals surface area (Å²) in [5.74, 6) is 2.74. The zero-order chi connectivity index (χ0) is 13.5. The monoisotopic (exact) mass is 262 g/mol. The highest BCUT2D eigenvalue weighted by atomic mass is 15.1. The van der Waals surface area contributed by atoms with Crippen LogP contribution in [0.15, 0.2) is 18.2 Å². The molecule has 0 atom stereocenters. The zero-order valence-corrected chi connectivity index (χ0v) is 12.2. The van der Waals surface area contributed by atoms with E-state index >= 15 is 0 Å². The molecule has 19 heavy (non-hydrogen) atoms. The fraction of sp³-hybridized carbons (Fsp3) is 0.667. The van der Waals surface area contributed by atoms with Crippen molar-refractivity contribution in [1.29, 1.82) is 0 Å². The predicted molar refractivity (Wildman–Crippen MR) is 81.7 cm³/mol. The molecule has 0 bridgehead atoms. The summed E-state index contributed by atoms with van der Waals surface area (Å²) in [5, 5.41) is 6.80. The van der Waals surface area contributed by atoms with Gasteiger partial charge in [0.25, 0.3) is 0 Å². The van der Waals surface area contributed by atoms with Gasteiger partial charge in [0.05, 0.1) is 0 Å². The van der Waals surface area contributed by atoms with Crippen LogP contribution < -0.4 is 10.6 Å². The van der Waals surface area contributed by atoms with Crippen LogP contribution in [0.3, 0.4) is 0 Å². The Morgan fingerprint density at radius 2 is 1.89 bits per heavy atom. The lowest BCUT2D eigenvalue weighted by molar-refractivity contribution is 0.226. The summed E-state index contributed by atoms with van der Waals surface area (Å²) in [4.78, 5) is 6.98. The van der Waals surface area contributed by atoms with Crippen LogP contribution in [-0.4, -0.2) is 43.1 Å². The second kappa shape index (κ2) is 7.34. The molecular formula is C15H26N4. The maximum Gasteiger partial charge on any atom is 0.128 e. The molecule has 0 aromatic carbocycles. The van der Waals surface area contributed by atoms with Crippen LogP contribution in [0.5, 0.6) is 0 Å². The number of hydrogen-bond donors (Lipinski definition) is 2. The normalized spacial score (nSPS) is 17.4. The number of piperidine rings is 1. The lowest BCUT2D eigenvalue weighted by Gasteiger charge is -2.29. The molecule has 1 aromatic heterocycles. The lowest BCUT2D eigenvalue weighted by atomic mass is 9.97. The maximum atomic E-state index is 4.58. The van der Waals surface area contributed by atoms with Crippen molar-refractivity contribution in [3.8, 4) is 0 Å². The number of rotatable bonds is 6. The predicted octanol–water partition coefficient (Wildman–Crippen LogP) is 2.66. The van der Waals surface area contributed by atoms with E-state index in [1.165, 1.54) is 25.9 Å². The highest BCUT2D eigenvalue weighted by Crippen LogP contribution is 2.17. The van der Waals surface area contributed by atoms with Gasteiger partial charge in [0.2, 0.25) is 0 Å². The van der Waals surface area contributed by atoms with Crippen molar-refractivity contribution in [3.63, 3.8) is 0 Å². The third-order valence-corrected chi connectivity index (χ3v) is 3.72. The number of aromatic nitrogens is 1. The summed E-state index contributed by atoms with van der Waals surface area (Å²) < 4.78 is 0. The van der Waals surface area contributed by atoms with Crippen molar-refractivity contribution in [2.24, 2.45) is 5.92 Å². The number of likely N-dealkylation sites (tertiary alicyclic amines) is 1. The number of hydrogen-bond acceptors (Lipinski definition) is 4. The maximum absolute atomic E-state index is 4.58. The van der Waals surface area contributed by atoms with E-state index in [4.69, 9.17) is 0 Å². The Bertz CT molecular complexity index is 372. The Kier molecular flexibility index (Phi) is 5.45. The third kappa shape index (κ3) is 4.71. The molecule has 0 aliphatic carbocycles. The summed E-state index contributed by atoms with van der Waals surface area (Å²) in [5.41, 5.74) is 0. The second-order valence-corrected chi connectivity index (χ2v) is 5.46. The van der Waals surface area contributed by atoms with Crippen LogP contribution in [0.2, 0.25) is 0 Å². The molecule has 0 radical (unpaired) electrons. The van der Waals surface area contributed by atoms with Gasteiger partial charge in [0, 0.05) is 13.1 Å². The van der Waals surface area contributed by atoms with Crippen molar-refractivity contribution < 1.29 is 0 Å². The first kappa shape index (κ1) is 14.1. The molecular weight excluding hydrogens is 236 g/mol. The van der Waals surface area contributed by atoms with E-state index in [1.54, 1.807) is 0 Å². The highest BCUT2D eigenvalue weighted by molar-refractivity contribution is 5.45. The second-order valence-electron chi connectivity index (χ2n) is 5.46. The van der Waals surface area contributed by atoms with Gasteiger partial charge in [-0.05, 0) is 57.5 Å². The molecule has 1 saturated heterocycles. The molecule has 0 unspecified atom stereocenters. The minimum absolute atomic E-state index is 0.783. The van der Waals surface area contributed by atoms with Crippen LogP contribution >= 0.6 is 0 Å². The molecule has 2 heterocycles.